The third-order valence-corrected chi connectivity index (χ3v) is 4.20. The Morgan fingerprint density at radius 1 is 1.58 bits per heavy atom. The van der Waals surface area contributed by atoms with Crippen LogP contribution in [0.5, 0.6) is 0 Å². The largest absolute Gasteiger partial charge is 0.481 e. The van der Waals surface area contributed by atoms with Gasteiger partial charge in [-0.05, 0) is 24.3 Å². The molecule has 19 heavy (non-hydrogen) atoms. The molecular formula is C13H18N2O3S. The second-order valence-electron chi connectivity index (χ2n) is 4.84. The molecule has 0 aliphatic carbocycles. The van der Waals surface area contributed by atoms with Crippen LogP contribution >= 0.6 is 11.3 Å². The number of carbonyl (C=O) groups is 2. The fourth-order valence-corrected chi connectivity index (χ4v) is 3.06. The van der Waals surface area contributed by atoms with Gasteiger partial charge >= 0.3 is 12.0 Å². The molecule has 1 aliphatic heterocycles. The number of carboxylic acid groups (broad SMARTS) is 1. The second-order valence-corrected chi connectivity index (χ2v) is 5.87. The average molecular weight is 282 g/mol. The Kier molecular flexibility index (Phi) is 4.42. The van der Waals surface area contributed by atoms with Crippen molar-refractivity contribution >= 4 is 23.3 Å². The third kappa shape index (κ3) is 3.47. The van der Waals surface area contributed by atoms with Crippen molar-refractivity contribution in [2.75, 3.05) is 20.1 Å². The van der Waals surface area contributed by atoms with Crippen molar-refractivity contribution in [1.29, 1.82) is 0 Å². The zero-order chi connectivity index (χ0) is 13.8. The van der Waals surface area contributed by atoms with Gasteiger partial charge in [0.1, 0.15) is 0 Å². The molecule has 0 spiro atoms. The molecule has 0 saturated carbocycles. The van der Waals surface area contributed by atoms with Crippen molar-refractivity contribution in [2.24, 2.45) is 5.92 Å². The summed E-state index contributed by atoms with van der Waals surface area (Å²) >= 11 is 1.61. The summed E-state index contributed by atoms with van der Waals surface area (Å²) in [5.41, 5.74) is 0. The monoisotopic (exact) mass is 282 g/mol. The summed E-state index contributed by atoms with van der Waals surface area (Å²) in [6.45, 7) is 1.55. The minimum Gasteiger partial charge on any atom is -0.481 e. The van der Waals surface area contributed by atoms with Crippen LogP contribution in [0.4, 0.5) is 4.79 Å². The summed E-state index contributed by atoms with van der Waals surface area (Å²) in [5.74, 6) is -1.23. The minimum atomic E-state index is -0.807. The van der Waals surface area contributed by atoms with E-state index in [4.69, 9.17) is 5.11 Å². The topological polar surface area (TPSA) is 60.9 Å². The number of hydrogen-bond donors (Lipinski definition) is 1. The predicted molar refractivity (Wildman–Crippen MR) is 73.1 cm³/mol. The number of urea groups is 1. The van der Waals surface area contributed by atoms with Crippen molar-refractivity contribution in [3.63, 3.8) is 0 Å². The molecule has 1 atom stereocenters. The van der Waals surface area contributed by atoms with Crippen LogP contribution < -0.4 is 0 Å². The van der Waals surface area contributed by atoms with Gasteiger partial charge in [0, 0.05) is 25.0 Å². The van der Waals surface area contributed by atoms with Gasteiger partial charge in [-0.25, -0.2) is 4.79 Å². The SMILES string of the molecule is CN(Cc1cccs1)C(=O)N1CCC[C@H](C(=O)O)C1. The normalized spacial score (nSPS) is 19.2. The van der Waals surface area contributed by atoms with Crippen molar-refractivity contribution in [1.82, 2.24) is 9.80 Å². The Bertz CT molecular complexity index is 447. The molecule has 1 N–H and O–H groups in total. The molecule has 0 bridgehead atoms. The van der Waals surface area contributed by atoms with Gasteiger partial charge < -0.3 is 14.9 Å². The number of hydrogen-bond acceptors (Lipinski definition) is 3. The predicted octanol–water partition coefficient (Wildman–Crippen LogP) is 2.10. The molecule has 6 heteroatoms. The lowest BCUT2D eigenvalue weighted by atomic mass is 9.99. The number of carbonyl (C=O) groups excluding carboxylic acids is 1. The van der Waals surface area contributed by atoms with Gasteiger partial charge in [-0.3, -0.25) is 4.79 Å². The average Bonchev–Trinajstić information content (AvgIpc) is 2.90. The van der Waals surface area contributed by atoms with E-state index in [0.717, 1.165) is 11.3 Å². The van der Waals surface area contributed by atoms with Crippen LogP contribution in [0.3, 0.4) is 0 Å². The maximum absolute atomic E-state index is 12.3. The van der Waals surface area contributed by atoms with Crippen LogP contribution in [0.15, 0.2) is 17.5 Å². The summed E-state index contributed by atoms with van der Waals surface area (Å²) in [7, 11) is 1.76. The van der Waals surface area contributed by atoms with Gasteiger partial charge in [-0.1, -0.05) is 6.07 Å². The molecule has 2 rings (SSSR count). The van der Waals surface area contributed by atoms with Crippen molar-refractivity contribution < 1.29 is 14.7 Å². The fraction of sp³-hybridized carbons (Fsp3) is 0.538. The van der Waals surface area contributed by atoms with E-state index < -0.39 is 11.9 Å². The standard InChI is InChI=1S/C13H18N2O3S/c1-14(9-11-5-3-7-19-11)13(18)15-6-2-4-10(8-15)12(16)17/h3,5,7,10H,2,4,6,8-9H2,1H3,(H,16,17)/t10-/m0/s1. The van der Waals surface area contributed by atoms with Crippen LogP contribution in [0.2, 0.25) is 0 Å². The van der Waals surface area contributed by atoms with E-state index in [1.165, 1.54) is 0 Å². The van der Waals surface area contributed by atoms with Gasteiger partial charge in [0.2, 0.25) is 0 Å². The van der Waals surface area contributed by atoms with Gasteiger partial charge in [0.05, 0.1) is 12.5 Å². The quantitative estimate of drug-likeness (QED) is 0.923. The lowest BCUT2D eigenvalue weighted by Gasteiger charge is -2.33. The molecule has 0 unspecified atom stereocenters. The first-order chi connectivity index (χ1) is 9.08. The van der Waals surface area contributed by atoms with Gasteiger partial charge in [0.25, 0.3) is 0 Å². The Morgan fingerprint density at radius 3 is 3.00 bits per heavy atom. The lowest BCUT2D eigenvalue weighted by molar-refractivity contribution is -0.143. The van der Waals surface area contributed by atoms with Crippen molar-refractivity contribution in [3.05, 3.63) is 22.4 Å². The van der Waals surface area contributed by atoms with E-state index in [0.29, 0.717) is 26.1 Å². The third-order valence-electron chi connectivity index (χ3n) is 3.34. The summed E-state index contributed by atoms with van der Waals surface area (Å²) in [6, 6.07) is 3.86. The van der Waals surface area contributed by atoms with Crippen LogP contribution in [-0.2, 0) is 11.3 Å². The van der Waals surface area contributed by atoms with E-state index in [1.54, 1.807) is 28.2 Å². The van der Waals surface area contributed by atoms with Crippen LogP contribution in [0.1, 0.15) is 17.7 Å². The molecule has 2 amide bonds. The second kappa shape index (κ2) is 6.06. The maximum atomic E-state index is 12.3. The first kappa shape index (κ1) is 13.9. The Hall–Kier alpha value is -1.56. The highest BCUT2D eigenvalue weighted by molar-refractivity contribution is 7.09. The molecule has 1 aliphatic rings. The zero-order valence-electron chi connectivity index (χ0n) is 10.9. The van der Waals surface area contributed by atoms with Crippen LogP contribution in [0.25, 0.3) is 0 Å². The molecule has 5 nitrogen and oxygen atoms in total. The van der Waals surface area contributed by atoms with Gasteiger partial charge in [-0.15, -0.1) is 11.3 Å². The summed E-state index contributed by atoms with van der Waals surface area (Å²) in [5, 5.41) is 11.0. The number of aliphatic carboxylic acids is 1. The molecule has 1 saturated heterocycles. The number of rotatable bonds is 3. The van der Waals surface area contributed by atoms with Gasteiger partial charge in [-0.2, -0.15) is 0 Å². The molecule has 0 aromatic carbocycles. The number of piperidine rings is 1. The number of amides is 2. The smallest absolute Gasteiger partial charge is 0.320 e. The molecule has 1 aromatic rings. The summed E-state index contributed by atoms with van der Waals surface area (Å²) in [4.78, 5) is 27.7. The van der Waals surface area contributed by atoms with E-state index in [-0.39, 0.29) is 6.03 Å². The molecule has 1 fully saturated rings. The highest BCUT2D eigenvalue weighted by Gasteiger charge is 2.29. The number of likely N-dealkylation sites (tertiary alicyclic amines) is 1. The van der Waals surface area contributed by atoms with E-state index in [9.17, 15) is 9.59 Å². The molecule has 0 radical (unpaired) electrons. The minimum absolute atomic E-state index is 0.0839. The lowest BCUT2D eigenvalue weighted by Crippen LogP contribution is -2.47. The highest BCUT2D eigenvalue weighted by atomic mass is 32.1. The molecule has 2 heterocycles. The summed E-state index contributed by atoms with van der Waals surface area (Å²) < 4.78 is 0. The Balaban J connectivity index is 1.93. The first-order valence-electron chi connectivity index (χ1n) is 6.33. The zero-order valence-corrected chi connectivity index (χ0v) is 11.7. The number of thiophene rings is 1. The van der Waals surface area contributed by atoms with Gasteiger partial charge in [0.15, 0.2) is 0 Å². The van der Waals surface area contributed by atoms with Crippen molar-refractivity contribution in [3.8, 4) is 0 Å². The fourth-order valence-electron chi connectivity index (χ4n) is 2.30. The first-order valence-corrected chi connectivity index (χ1v) is 7.21. The van der Waals surface area contributed by atoms with E-state index in [1.807, 2.05) is 17.5 Å². The van der Waals surface area contributed by atoms with E-state index in [2.05, 4.69) is 0 Å². The highest BCUT2D eigenvalue weighted by Crippen LogP contribution is 2.19. The van der Waals surface area contributed by atoms with Crippen LogP contribution in [-0.4, -0.2) is 47.0 Å². The van der Waals surface area contributed by atoms with Crippen molar-refractivity contribution in [2.45, 2.75) is 19.4 Å². The number of carboxylic acids is 1. The summed E-state index contributed by atoms with van der Waals surface area (Å²) in [6.07, 6.45) is 1.42. The van der Waals surface area contributed by atoms with Crippen LogP contribution in [0, 0.1) is 5.92 Å². The Labute approximate surface area is 116 Å². The Morgan fingerprint density at radius 2 is 2.37 bits per heavy atom. The maximum Gasteiger partial charge on any atom is 0.320 e. The molecule has 104 valence electrons. The number of nitrogens with zero attached hydrogens (tertiary/aromatic N) is 2. The van der Waals surface area contributed by atoms with E-state index >= 15 is 0 Å². The molecular weight excluding hydrogens is 264 g/mol. The molecule has 1 aromatic heterocycles.